The number of benzene rings is 2. The van der Waals surface area contributed by atoms with Crippen LogP contribution >= 0.6 is 0 Å². The lowest BCUT2D eigenvalue weighted by atomic mass is 9.89. The summed E-state index contributed by atoms with van der Waals surface area (Å²) in [5, 5.41) is 0. The third-order valence-electron chi connectivity index (χ3n) is 5.40. The van der Waals surface area contributed by atoms with E-state index in [2.05, 4.69) is 0 Å². The Kier molecular flexibility index (Phi) is 10.3. The van der Waals surface area contributed by atoms with Crippen LogP contribution in [0.5, 0.6) is 0 Å². The van der Waals surface area contributed by atoms with Crippen molar-refractivity contribution in [1.82, 2.24) is 0 Å². The summed E-state index contributed by atoms with van der Waals surface area (Å²) >= 11 is 0. The van der Waals surface area contributed by atoms with Crippen molar-refractivity contribution in [3.05, 3.63) is 81.4 Å². The van der Waals surface area contributed by atoms with Crippen LogP contribution in [-0.2, 0) is 0 Å². The lowest BCUT2D eigenvalue weighted by Crippen LogP contribution is -2.05. The predicted molar refractivity (Wildman–Crippen MR) is 117 cm³/mol. The molecule has 34 heavy (non-hydrogen) atoms. The topological polar surface area (TPSA) is 0 Å². The molecule has 0 radical (unpaired) electrons. The maximum atomic E-state index is 14.7. The van der Waals surface area contributed by atoms with Crippen LogP contribution in [0.15, 0.2) is 23.8 Å². The molecule has 8 heteroatoms. The number of unbranched alkanes of at least 4 members (excludes halogenated alkanes) is 5. The van der Waals surface area contributed by atoms with Crippen LogP contribution in [-0.4, -0.2) is 0 Å². The van der Waals surface area contributed by atoms with Crippen molar-refractivity contribution in [2.24, 2.45) is 0 Å². The Bertz CT molecular complexity index is 1020. The molecule has 0 nitrogen and oxygen atoms in total. The summed E-state index contributed by atoms with van der Waals surface area (Å²) < 4.78 is 114. The highest BCUT2D eigenvalue weighted by molar-refractivity contribution is 5.85. The first-order valence-electron chi connectivity index (χ1n) is 11.2. The second kappa shape index (κ2) is 12.7. The van der Waals surface area contributed by atoms with Crippen molar-refractivity contribution >= 4 is 11.6 Å². The number of allylic oxidation sites excluding steroid dienone is 3. The Hall–Kier alpha value is -2.64. The molecule has 0 fully saturated rings. The average Bonchev–Trinajstić information content (AvgIpc) is 2.80. The van der Waals surface area contributed by atoms with E-state index in [1.807, 2.05) is 13.8 Å². The molecule has 0 aliphatic carbocycles. The normalized spacial score (nSPS) is 12.5. The van der Waals surface area contributed by atoms with E-state index >= 15 is 0 Å². The highest BCUT2D eigenvalue weighted by atomic mass is 19.2. The first-order chi connectivity index (χ1) is 16.1. The minimum Gasteiger partial charge on any atom is -0.204 e. The highest BCUT2D eigenvalue weighted by Crippen LogP contribution is 2.36. The summed E-state index contributed by atoms with van der Waals surface area (Å²) in [7, 11) is 0. The van der Waals surface area contributed by atoms with Crippen molar-refractivity contribution in [1.29, 1.82) is 0 Å². The van der Waals surface area contributed by atoms with Gasteiger partial charge in [0.15, 0.2) is 46.5 Å². The van der Waals surface area contributed by atoms with Gasteiger partial charge in [-0.15, -0.1) is 0 Å². The van der Waals surface area contributed by atoms with E-state index in [0.717, 1.165) is 25.3 Å². The average molecular weight is 490 g/mol. The Balaban J connectivity index is 2.81. The van der Waals surface area contributed by atoms with Crippen molar-refractivity contribution in [2.45, 2.75) is 65.2 Å². The molecule has 0 atom stereocenters. The standard InChI is InChI=1S/C26H26F8/c1-3-5-7-9-11-16(22-25(33)20(29)14-21(30)26(22)34)15(10-8-6-4-2)12-17-23(31)18(27)13-19(28)24(17)32/h11-14H,3-10H2,1-2H3. The molecule has 186 valence electrons. The second-order valence-electron chi connectivity index (χ2n) is 7.97. The van der Waals surface area contributed by atoms with E-state index in [-0.39, 0.29) is 36.1 Å². The fourth-order valence-electron chi connectivity index (χ4n) is 3.59. The fraction of sp³-hybridized carbons (Fsp3) is 0.385. The second-order valence-corrected chi connectivity index (χ2v) is 7.97. The summed E-state index contributed by atoms with van der Waals surface area (Å²) in [4.78, 5) is 0. The molecule has 2 aromatic carbocycles. The van der Waals surface area contributed by atoms with Crippen molar-refractivity contribution < 1.29 is 35.1 Å². The highest BCUT2D eigenvalue weighted by Gasteiger charge is 2.25. The smallest absolute Gasteiger partial charge is 0.169 e. The van der Waals surface area contributed by atoms with Crippen molar-refractivity contribution in [2.75, 3.05) is 0 Å². The monoisotopic (exact) mass is 490 g/mol. The molecular formula is C26H26F8. The van der Waals surface area contributed by atoms with Gasteiger partial charge in [-0.05, 0) is 42.9 Å². The Morgan fingerprint density at radius 3 is 1.62 bits per heavy atom. The molecule has 0 bridgehead atoms. The van der Waals surface area contributed by atoms with Gasteiger partial charge in [-0.1, -0.05) is 45.6 Å². The van der Waals surface area contributed by atoms with Crippen molar-refractivity contribution in [3.63, 3.8) is 0 Å². The minimum absolute atomic E-state index is 0.0124. The van der Waals surface area contributed by atoms with Crippen LogP contribution in [0.3, 0.4) is 0 Å². The van der Waals surface area contributed by atoms with Crippen LogP contribution in [0.2, 0.25) is 0 Å². The first kappa shape index (κ1) is 27.6. The van der Waals surface area contributed by atoms with E-state index in [1.165, 1.54) is 6.08 Å². The number of halogens is 8. The summed E-state index contributed by atoms with van der Waals surface area (Å²) in [6.07, 6.45) is 6.17. The molecule has 0 aliphatic rings. The molecular weight excluding hydrogens is 464 g/mol. The zero-order chi connectivity index (χ0) is 25.4. The molecule has 0 N–H and O–H groups in total. The molecule has 0 aliphatic heterocycles. The number of hydrogen-bond donors (Lipinski definition) is 0. The molecule has 0 saturated carbocycles. The molecule has 2 aromatic rings. The predicted octanol–water partition coefficient (Wildman–Crippen LogP) is 9.43. The third-order valence-corrected chi connectivity index (χ3v) is 5.40. The van der Waals surface area contributed by atoms with Crippen LogP contribution in [0.4, 0.5) is 35.1 Å². The maximum Gasteiger partial charge on any atom is 0.169 e. The van der Waals surface area contributed by atoms with Gasteiger partial charge in [0, 0.05) is 12.1 Å². The summed E-state index contributed by atoms with van der Waals surface area (Å²) in [6, 6.07) is 0.103. The zero-order valence-electron chi connectivity index (χ0n) is 19.0. The van der Waals surface area contributed by atoms with E-state index < -0.39 is 57.7 Å². The van der Waals surface area contributed by atoms with Gasteiger partial charge in [-0.2, -0.15) is 0 Å². The van der Waals surface area contributed by atoms with Crippen LogP contribution < -0.4 is 0 Å². The zero-order valence-corrected chi connectivity index (χ0v) is 19.0. The van der Waals surface area contributed by atoms with E-state index in [4.69, 9.17) is 0 Å². The SMILES string of the molecule is CCCCCC=C(C(=Cc1c(F)c(F)cc(F)c1F)CCCCC)c1c(F)c(F)cc(F)c1F. The largest absolute Gasteiger partial charge is 0.204 e. The number of rotatable bonds is 11. The lowest BCUT2D eigenvalue weighted by molar-refractivity contribution is 0.450. The van der Waals surface area contributed by atoms with Crippen LogP contribution in [0.25, 0.3) is 11.6 Å². The fourth-order valence-corrected chi connectivity index (χ4v) is 3.59. The molecule has 0 aromatic heterocycles. The van der Waals surface area contributed by atoms with Gasteiger partial charge < -0.3 is 0 Å². The lowest BCUT2D eigenvalue weighted by Gasteiger charge is -2.17. The van der Waals surface area contributed by atoms with Gasteiger partial charge in [-0.3, -0.25) is 0 Å². The van der Waals surface area contributed by atoms with Crippen LogP contribution in [0, 0.1) is 46.5 Å². The Labute approximate surface area is 194 Å². The van der Waals surface area contributed by atoms with E-state index in [0.29, 0.717) is 19.3 Å². The van der Waals surface area contributed by atoms with Gasteiger partial charge >= 0.3 is 0 Å². The van der Waals surface area contributed by atoms with Gasteiger partial charge in [0.2, 0.25) is 0 Å². The number of hydrogen-bond acceptors (Lipinski definition) is 0. The first-order valence-corrected chi connectivity index (χ1v) is 11.2. The molecule has 0 unspecified atom stereocenters. The summed E-state index contributed by atoms with van der Waals surface area (Å²) in [5.74, 6) is -13.3. The Morgan fingerprint density at radius 1 is 0.647 bits per heavy atom. The minimum atomic E-state index is -1.69. The van der Waals surface area contributed by atoms with Gasteiger partial charge in [0.05, 0.1) is 11.1 Å². The maximum absolute atomic E-state index is 14.7. The molecule has 0 amide bonds. The summed E-state index contributed by atoms with van der Waals surface area (Å²) in [6.45, 7) is 3.79. The Morgan fingerprint density at radius 2 is 1.12 bits per heavy atom. The molecule has 0 spiro atoms. The third kappa shape index (κ3) is 6.48. The summed E-state index contributed by atoms with van der Waals surface area (Å²) in [5.41, 5.74) is -2.53. The van der Waals surface area contributed by atoms with Crippen LogP contribution in [0.1, 0.15) is 76.3 Å². The van der Waals surface area contributed by atoms with E-state index in [1.54, 1.807) is 0 Å². The quantitative estimate of drug-likeness (QED) is 0.127. The van der Waals surface area contributed by atoms with Gasteiger partial charge in [0.25, 0.3) is 0 Å². The molecule has 0 saturated heterocycles. The van der Waals surface area contributed by atoms with Gasteiger partial charge in [-0.25, -0.2) is 35.1 Å². The van der Waals surface area contributed by atoms with E-state index in [9.17, 15) is 35.1 Å². The molecule has 2 rings (SSSR count). The molecule has 0 heterocycles. The van der Waals surface area contributed by atoms with Gasteiger partial charge in [0.1, 0.15) is 0 Å². The van der Waals surface area contributed by atoms with Crippen molar-refractivity contribution in [3.8, 4) is 0 Å².